The van der Waals surface area contributed by atoms with Crippen LogP contribution in [0.1, 0.15) is 36.7 Å². The number of thiophene rings is 1. The molecule has 13 heavy (non-hydrogen) atoms. The van der Waals surface area contributed by atoms with Gasteiger partial charge in [0.2, 0.25) is 0 Å². The molecule has 4 heteroatoms. The molecule has 0 aromatic carbocycles. The summed E-state index contributed by atoms with van der Waals surface area (Å²) < 4.78 is 0. The average molecular weight is 199 g/mol. The van der Waals surface area contributed by atoms with Gasteiger partial charge in [-0.25, -0.2) is 4.79 Å². The van der Waals surface area contributed by atoms with Crippen LogP contribution in [0.2, 0.25) is 0 Å². The number of carboxylic acid groups (broad SMARTS) is 1. The van der Waals surface area contributed by atoms with E-state index in [1.807, 2.05) is 26.2 Å². The van der Waals surface area contributed by atoms with Crippen molar-refractivity contribution >= 4 is 22.3 Å². The number of hydrogen-bond acceptors (Lipinski definition) is 3. The Morgan fingerprint density at radius 3 is 2.38 bits per heavy atom. The van der Waals surface area contributed by atoms with Gasteiger partial charge in [0, 0.05) is 0 Å². The molecule has 0 spiro atoms. The van der Waals surface area contributed by atoms with E-state index in [1.54, 1.807) is 0 Å². The van der Waals surface area contributed by atoms with Crippen LogP contribution in [0.5, 0.6) is 0 Å². The minimum absolute atomic E-state index is 0.165. The third-order valence-corrected chi connectivity index (χ3v) is 2.65. The molecule has 0 fully saturated rings. The quantitative estimate of drug-likeness (QED) is 0.729. The zero-order valence-corrected chi connectivity index (χ0v) is 8.73. The van der Waals surface area contributed by atoms with Crippen molar-refractivity contribution in [3.05, 3.63) is 16.5 Å². The molecule has 3 nitrogen and oxygen atoms in total. The molecule has 3 N–H and O–H groups in total. The van der Waals surface area contributed by atoms with Gasteiger partial charge in [-0.3, -0.25) is 0 Å². The fraction of sp³-hybridized carbons (Fsp3) is 0.444. The molecule has 0 amide bonds. The van der Waals surface area contributed by atoms with E-state index >= 15 is 0 Å². The van der Waals surface area contributed by atoms with E-state index in [0.29, 0.717) is 5.00 Å². The number of nitrogen functional groups attached to an aromatic ring is 1. The highest BCUT2D eigenvalue weighted by Crippen LogP contribution is 2.34. The van der Waals surface area contributed by atoms with E-state index in [1.165, 1.54) is 11.3 Å². The third kappa shape index (κ3) is 1.83. The Balaban J connectivity index is 3.31. The summed E-state index contributed by atoms with van der Waals surface area (Å²) in [5, 5.41) is 11.1. The van der Waals surface area contributed by atoms with Gasteiger partial charge in [-0.1, -0.05) is 20.8 Å². The summed E-state index contributed by atoms with van der Waals surface area (Å²) in [4.78, 5) is 10.9. The smallest absolute Gasteiger partial charge is 0.338 e. The number of carboxylic acids is 1. The van der Waals surface area contributed by atoms with Gasteiger partial charge in [0.05, 0.1) is 5.56 Å². The highest BCUT2D eigenvalue weighted by Gasteiger charge is 2.25. The second kappa shape index (κ2) is 3.03. The summed E-state index contributed by atoms with van der Waals surface area (Å²) in [5.41, 5.74) is 6.48. The van der Waals surface area contributed by atoms with Crippen LogP contribution in [0.3, 0.4) is 0 Å². The zero-order chi connectivity index (χ0) is 10.2. The molecule has 0 aliphatic rings. The van der Waals surface area contributed by atoms with E-state index in [-0.39, 0.29) is 11.0 Å². The van der Waals surface area contributed by atoms with Crippen LogP contribution in [0.4, 0.5) is 5.00 Å². The standard InChI is InChI=1S/C9H13NO2S/c1-9(2,3)5-4-13-7(10)6(5)8(11)12/h4H,10H2,1-3H3,(H,11,12). The van der Waals surface area contributed by atoms with E-state index in [2.05, 4.69) is 0 Å². The first-order valence-electron chi connectivity index (χ1n) is 3.94. The summed E-state index contributed by atoms with van der Waals surface area (Å²) >= 11 is 1.28. The van der Waals surface area contributed by atoms with Crippen molar-refractivity contribution in [2.45, 2.75) is 26.2 Å². The molecule has 1 heterocycles. The second-order valence-electron chi connectivity index (χ2n) is 3.94. The highest BCUT2D eigenvalue weighted by molar-refractivity contribution is 7.14. The lowest BCUT2D eigenvalue weighted by Crippen LogP contribution is -2.15. The minimum atomic E-state index is -0.941. The van der Waals surface area contributed by atoms with Crippen molar-refractivity contribution in [2.24, 2.45) is 0 Å². The topological polar surface area (TPSA) is 63.3 Å². The van der Waals surface area contributed by atoms with E-state index in [9.17, 15) is 4.79 Å². The van der Waals surface area contributed by atoms with Gasteiger partial charge in [-0.15, -0.1) is 11.3 Å². The van der Waals surface area contributed by atoms with E-state index < -0.39 is 5.97 Å². The van der Waals surface area contributed by atoms with Gasteiger partial charge in [0.15, 0.2) is 0 Å². The van der Waals surface area contributed by atoms with Crippen LogP contribution >= 0.6 is 11.3 Å². The number of aromatic carboxylic acids is 1. The maximum absolute atomic E-state index is 10.9. The predicted octanol–water partition coefficient (Wildman–Crippen LogP) is 2.33. The lowest BCUT2D eigenvalue weighted by molar-refractivity contribution is 0.0696. The summed E-state index contributed by atoms with van der Waals surface area (Å²) in [5.74, 6) is -0.941. The average Bonchev–Trinajstić information content (AvgIpc) is 2.28. The monoisotopic (exact) mass is 199 g/mol. The van der Waals surface area contributed by atoms with Crippen LogP contribution in [-0.2, 0) is 5.41 Å². The summed E-state index contributed by atoms with van der Waals surface area (Å²) in [6, 6.07) is 0. The van der Waals surface area contributed by atoms with E-state index in [4.69, 9.17) is 10.8 Å². The summed E-state index contributed by atoms with van der Waals surface area (Å²) in [6.45, 7) is 5.92. The number of nitrogens with two attached hydrogens (primary N) is 1. The molecule has 72 valence electrons. The van der Waals surface area contributed by atoms with Crippen molar-refractivity contribution < 1.29 is 9.90 Å². The zero-order valence-electron chi connectivity index (χ0n) is 7.92. The number of anilines is 1. The molecule has 1 rings (SSSR count). The van der Waals surface area contributed by atoms with Gasteiger partial charge in [-0.05, 0) is 16.4 Å². The third-order valence-electron chi connectivity index (χ3n) is 1.84. The first-order chi connectivity index (χ1) is 5.84. The second-order valence-corrected chi connectivity index (χ2v) is 4.86. The number of rotatable bonds is 1. The Bertz CT molecular complexity index is 336. The molecule has 0 bridgehead atoms. The fourth-order valence-electron chi connectivity index (χ4n) is 1.15. The maximum Gasteiger partial charge on any atom is 0.338 e. The molecule has 1 aromatic heterocycles. The van der Waals surface area contributed by atoms with Crippen molar-refractivity contribution in [1.82, 2.24) is 0 Å². The van der Waals surface area contributed by atoms with Gasteiger partial charge in [0.1, 0.15) is 5.00 Å². The lowest BCUT2D eigenvalue weighted by atomic mass is 9.86. The molecule has 0 aliphatic carbocycles. The molecule has 0 saturated heterocycles. The predicted molar refractivity (Wildman–Crippen MR) is 54.4 cm³/mol. The maximum atomic E-state index is 10.9. The van der Waals surface area contributed by atoms with Crippen molar-refractivity contribution in [3.63, 3.8) is 0 Å². The van der Waals surface area contributed by atoms with E-state index in [0.717, 1.165) is 5.56 Å². The molecule has 1 aromatic rings. The summed E-state index contributed by atoms with van der Waals surface area (Å²) in [6.07, 6.45) is 0. The first kappa shape index (κ1) is 10.1. The minimum Gasteiger partial charge on any atom is -0.478 e. The van der Waals surface area contributed by atoms with Gasteiger partial charge < -0.3 is 10.8 Å². The molecular weight excluding hydrogens is 186 g/mol. The SMILES string of the molecule is CC(C)(C)c1csc(N)c1C(=O)O. The Morgan fingerprint density at radius 1 is 1.54 bits per heavy atom. The highest BCUT2D eigenvalue weighted by atomic mass is 32.1. The van der Waals surface area contributed by atoms with Crippen LogP contribution in [0.25, 0.3) is 0 Å². The van der Waals surface area contributed by atoms with Gasteiger partial charge >= 0.3 is 5.97 Å². The molecule has 0 radical (unpaired) electrons. The van der Waals surface area contributed by atoms with Crippen molar-refractivity contribution in [3.8, 4) is 0 Å². The Morgan fingerprint density at radius 2 is 2.08 bits per heavy atom. The van der Waals surface area contributed by atoms with Gasteiger partial charge in [0.25, 0.3) is 0 Å². The summed E-state index contributed by atoms with van der Waals surface area (Å²) in [7, 11) is 0. The Hall–Kier alpha value is -1.03. The van der Waals surface area contributed by atoms with Crippen LogP contribution < -0.4 is 5.73 Å². The first-order valence-corrected chi connectivity index (χ1v) is 4.82. The van der Waals surface area contributed by atoms with Crippen LogP contribution in [0.15, 0.2) is 5.38 Å². The van der Waals surface area contributed by atoms with Crippen molar-refractivity contribution in [1.29, 1.82) is 0 Å². The van der Waals surface area contributed by atoms with Crippen LogP contribution in [0, 0.1) is 0 Å². The number of hydrogen-bond donors (Lipinski definition) is 2. The normalized spacial score (nSPS) is 11.6. The lowest BCUT2D eigenvalue weighted by Gasteiger charge is -2.18. The van der Waals surface area contributed by atoms with Crippen LogP contribution in [-0.4, -0.2) is 11.1 Å². The molecule has 0 aliphatic heterocycles. The molecule has 0 atom stereocenters. The Kier molecular flexibility index (Phi) is 2.34. The largest absolute Gasteiger partial charge is 0.478 e. The number of carbonyl (C=O) groups is 1. The molecule has 0 unspecified atom stereocenters. The fourth-order valence-corrected chi connectivity index (χ4v) is 2.18. The Labute approximate surface area is 81.2 Å². The molecular formula is C9H13NO2S. The van der Waals surface area contributed by atoms with Gasteiger partial charge in [-0.2, -0.15) is 0 Å². The molecule has 0 saturated carbocycles. The van der Waals surface area contributed by atoms with Crippen molar-refractivity contribution in [2.75, 3.05) is 5.73 Å².